The Morgan fingerprint density at radius 3 is 1.36 bits per heavy atom. The van der Waals surface area contributed by atoms with Crippen molar-refractivity contribution in [2.75, 3.05) is 0 Å². The van der Waals surface area contributed by atoms with Gasteiger partial charge < -0.3 is 11.5 Å². The molecule has 4 fully saturated rings. The smallest absolute Gasteiger partial charge is 0.0127 e. The maximum atomic E-state index is 6.80. The van der Waals surface area contributed by atoms with Gasteiger partial charge in [-0.25, -0.2) is 0 Å². The Labute approximate surface area is 175 Å². The summed E-state index contributed by atoms with van der Waals surface area (Å²) >= 11 is 0. The third-order valence-corrected chi connectivity index (χ3v) is 10.4. The second-order valence-electron chi connectivity index (χ2n) is 11.5. The molecule has 4 N–H and O–H groups in total. The van der Waals surface area contributed by atoms with Crippen LogP contribution in [0, 0.1) is 34.5 Å². The van der Waals surface area contributed by atoms with E-state index >= 15 is 0 Å². The van der Waals surface area contributed by atoms with E-state index in [0.717, 1.165) is 23.7 Å². The molecule has 0 spiro atoms. The Bertz CT molecular complexity index is 465. The normalized spacial score (nSPS) is 46.7. The molecule has 4 saturated carbocycles. The Morgan fingerprint density at radius 1 is 0.607 bits per heavy atom. The van der Waals surface area contributed by atoms with E-state index in [0.29, 0.717) is 22.9 Å². The standard InChI is InChI=1S/C26H48N2/c1-3-13-25(21-11-9-19(17-21)23(25)27)15-7-5-6-8-16-26(14-4-2)22-12-10-20(18-22)24(26)28/h19-24H,3-18,27-28H2,1-2H3/t19-,20+,21+,22-,23-,24+,25?,26?. The lowest BCUT2D eigenvalue weighted by Gasteiger charge is -2.43. The first kappa shape index (κ1) is 21.2. The molecule has 0 aromatic rings. The molecule has 28 heavy (non-hydrogen) atoms. The molecule has 4 bridgehead atoms. The molecular weight excluding hydrogens is 340 g/mol. The lowest BCUT2D eigenvalue weighted by Crippen LogP contribution is -2.46. The summed E-state index contributed by atoms with van der Waals surface area (Å²) < 4.78 is 0. The van der Waals surface area contributed by atoms with Gasteiger partial charge in [0.25, 0.3) is 0 Å². The van der Waals surface area contributed by atoms with Gasteiger partial charge in [-0.15, -0.1) is 0 Å². The zero-order valence-electron chi connectivity index (χ0n) is 18.9. The SMILES string of the molecule is CCCC1(CCCCCCC2(CCC)[C@@H]3CC[C@@H](C3)[C@@H]2N)[C@H]2CC[C@H](C2)[C@H]1N. The highest BCUT2D eigenvalue weighted by Gasteiger charge is 2.56. The van der Waals surface area contributed by atoms with Gasteiger partial charge in [-0.05, 0) is 98.7 Å². The average molecular weight is 389 g/mol. The molecule has 0 saturated heterocycles. The summed E-state index contributed by atoms with van der Waals surface area (Å²) in [5.74, 6) is 3.61. The Balaban J connectivity index is 1.23. The summed E-state index contributed by atoms with van der Waals surface area (Å²) in [4.78, 5) is 0. The van der Waals surface area contributed by atoms with Crippen LogP contribution in [0.4, 0.5) is 0 Å². The highest BCUT2D eigenvalue weighted by atomic mass is 14.8. The number of unbranched alkanes of at least 4 members (excludes halogenated alkanes) is 3. The first-order valence-electron chi connectivity index (χ1n) is 13.1. The summed E-state index contributed by atoms with van der Waals surface area (Å²) in [7, 11) is 0. The molecule has 162 valence electrons. The predicted octanol–water partition coefficient (Wildman–Crippen LogP) is 6.41. The first-order valence-corrected chi connectivity index (χ1v) is 13.1. The number of fused-ring (bicyclic) bond motifs is 4. The third-order valence-electron chi connectivity index (χ3n) is 10.4. The first-order chi connectivity index (χ1) is 13.6. The summed E-state index contributed by atoms with van der Waals surface area (Å²) in [6.45, 7) is 4.73. The lowest BCUT2D eigenvalue weighted by molar-refractivity contribution is 0.0944. The molecule has 2 unspecified atom stereocenters. The Hall–Kier alpha value is -0.0800. The van der Waals surface area contributed by atoms with E-state index in [-0.39, 0.29) is 0 Å². The summed E-state index contributed by atoms with van der Waals surface area (Å²) in [6, 6.07) is 1.01. The van der Waals surface area contributed by atoms with Crippen molar-refractivity contribution >= 4 is 0 Å². The molecule has 4 aliphatic rings. The second kappa shape index (κ2) is 8.58. The highest BCUT2D eigenvalue weighted by molar-refractivity contribution is 5.09. The largest absolute Gasteiger partial charge is 0.327 e. The van der Waals surface area contributed by atoms with Gasteiger partial charge >= 0.3 is 0 Å². The quantitative estimate of drug-likeness (QED) is 0.401. The van der Waals surface area contributed by atoms with E-state index in [4.69, 9.17) is 11.5 Å². The molecule has 0 aromatic carbocycles. The van der Waals surface area contributed by atoms with Gasteiger partial charge in [-0.1, -0.05) is 52.4 Å². The van der Waals surface area contributed by atoms with Crippen molar-refractivity contribution in [2.45, 2.75) is 129 Å². The van der Waals surface area contributed by atoms with E-state index in [2.05, 4.69) is 13.8 Å². The minimum atomic E-state index is 0.506. The van der Waals surface area contributed by atoms with E-state index in [1.807, 2.05) is 0 Å². The number of nitrogens with two attached hydrogens (primary N) is 2. The lowest BCUT2D eigenvalue weighted by atomic mass is 9.64. The van der Waals surface area contributed by atoms with Gasteiger partial charge in [0.05, 0.1) is 0 Å². The molecule has 0 aromatic heterocycles. The molecule has 0 amide bonds. The summed E-state index contributed by atoms with van der Waals surface area (Å²) in [6.07, 6.45) is 22.5. The predicted molar refractivity (Wildman–Crippen MR) is 120 cm³/mol. The van der Waals surface area contributed by atoms with Crippen molar-refractivity contribution < 1.29 is 0 Å². The van der Waals surface area contributed by atoms with Gasteiger partial charge in [-0.2, -0.15) is 0 Å². The molecular formula is C26H48N2. The van der Waals surface area contributed by atoms with Crippen molar-refractivity contribution in [1.29, 1.82) is 0 Å². The fraction of sp³-hybridized carbons (Fsp3) is 1.00. The Kier molecular flexibility index (Phi) is 6.48. The average Bonchev–Trinajstić information content (AvgIpc) is 3.44. The van der Waals surface area contributed by atoms with Crippen molar-refractivity contribution in [1.82, 2.24) is 0 Å². The van der Waals surface area contributed by atoms with Gasteiger partial charge in [0, 0.05) is 12.1 Å². The zero-order chi connectivity index (χ0) is 19.8. The van der Waals surface area contributed by atoms with E-state index < -0.39 is 0 Å². The zero-order valence-corrected chi connectivity index (χ0v) is 18.9. The van der Waals surface area contributed by atoms with Crippen LogP contribution in [0.3, 0.4) is 0 Å². The van der Waals surface area contributed by atoms with E-state index in [1.54, 1.807) is 0 Å². The molecule has 2 nitrogen and oxygen atoms in total. The molecule has 0 radical (unpaired) electrons. The van der Waals surface area contributed by atoms with Crippen LogP contribution in [0.2, 0.25) is 0 Å². The van der Waals surface area contributed by atoms with Crippen molar-refractivity contribution in [3.8, 4) is 0 Å². The van der Waals surface area contributed by atoms with Gasteiger partial charge in [-0.3, -0.25) is 0 Å². The van der Waals surface area contributed by atoms with Crippen molar-refractivity contribution in [3.63, 3.8) is 0 Å². The second-order valence-corrected chi connectivity index (χ2v) is 11.5. The minimum absolute atomic E-state index is 0.506. The molecule has 4 aliphatic carbocycles. The van der Waals surface area contributed by atoms with Crippen molar-refractivity contribution in [3.05, 3.63) is 0 Å². The van der Waals surface area contributed by atoms with Crippen LogP contribution < -0.4 is 11.5 Å². The van der Waals surface area contributed by atoms with Gasteiger partial charge in [0.15, 0.2) is 0 Å². The fourth-order valence-corrected chi connectivity index (χ4v) is 9.14. The van der Waals surface area contributed by atoms with Gasteiger partial charge in [0.2, 0.25) is 0 Å². The van der Waals surface area contributed by atoms with Crippen molar-refractivity contribution in [2.24, 2.45) is 46.0 Å². The van der Waals surface area contributed by atoms with Crippen LogP contribution in [0.15, 0.2) is 0 Å². The van der Waals surface area contributed by atoms with Crippen LogP contribution in [0.25, 0.3) is 0 Å². The van der Waals surface area contributed by atoms with Crippen LogP contribution in [0.1, 0.15) is 117 Å². The summed E-state index contributed by atoms with van der Waals surface area (Å²) in [5, 5.41) is 0. The monoisotopic (exact) mass is 388 g/mol. The van der Waals surface area contributed by atoms with Gasteiger partial charge in [0.1, 0.15) is 0 Å². The van der Waals surface area contributed by atoms with E-state index in [1.165, 1.54) is 103 Å². The Morgan fingerprint density at radius 2 is 1.04 bits per heavy atom. The molecule has 8 atom stereocenters. The van der Waals surface area contributed by atoms with Crippen LogP contribution in [-0.4, -0.2) is 12.1 Å². The van der Waals surface area contributed by atoms with E-state index in [9.17, 15) is 0 Å². The number of hydrogen-bond acceptors (Lipinski definition) is 2. The van der Waals surface area contributed by atoms with Crippen LogP contribution >= 0.6 is 0 Å². The number of hydrogen-bond donors (Lipinski definition) is 2. The van der Waals surface area contributed by atoms with Crippen LogP contribution in [0.5, 0.6) is 0 Å². The fourth-order valence-electron chi connectivity index (χ4n) is 9.14. The maximum absolute atomic E-state index is 6.80. The molecule has 0 aliphatic heterocycles. The highest BCUT2D eigenvalue weighted by Crippen LogP contribution is 2.60. The third kappa shape index (κ3) is 3.39. The molecule has 2 heteroatoms. The summed E-state index contributed by atoms with van der Waals surface area (Å²) in [5.41, 5.74) is 14.6. The maximum Gasteiger partial charge on any atom is 0.0127 e. The molecule has 0 heterocycles. The topological polar surface area (TPSA) is 52.0 Å². The minimum Gasteiger partial charge on any atom is -0.327 e. The molecule has 4 rings (SSSR count). The van der Waals surface area contributed by atoms with Crippen LogP contribution in [-0.2, 0) is 0 Å². The number of rotatable bonds is 11.